The van der Waals surface area contributed by atoms with Crippen molar-refractivity contribution in [2.45, 2.75) is 123 Å². The van der Waals surface area contributed by atoms with Crippen molar-refractivity contribution >= 4 is 71.0 Å². The number of carboxylic acids is 4. The molecule has 0 heterocycles. The minimum Gasteiger partial charge on any atom is -0.481 e. The van der Waals surface area contributed by atoms with E-state index in [4.69, 9.17) is 10.2 Å². The van der Waals surface area contributed by atoms with E-state index in [-0.39, 0.29) is 19.3 Å². The Balaban J connectivity index is 6.24. The maximum atomic E-state index is 13.6. The number of carbonyl (C=O) groups is 12. The number of rotatable bonds is 27. The summed E-state index contributed by atoms with van der Waals surface area (Å²) >= 11 is 0. The molecule has 0 aliphatic heterocycles. The first kappa shape index (κ1) is 50.8. The molecule has 0 aliphatic carbocycles. The molecular formula is C34H53N7O16. The van der Waals surface area contributed by atoms with Crippen LogP contribution in [0.3, 0.4) is 0 Å². The van der Waals surface area contributed by atoms with Gasteiger partial charge in [-0.1, -0.05) is 41.0 Å². The second-order valence-electron chi connectivity index (χ2n) is 13.6. The van der Waals surface area contributed by atoms with Crippen molar-refractivity contribution in [3.8, 4) is 0 Å². The van der Waals surface area contributed by atoms with Crippen LogP contribution in [0.5, 0.6) is 0 Å². The van der Waals surface area contributed by atoms with Gasteiger partial charge in [-0.15, -0.1) is 0 Å². The highest BCUT2D eigenvalue weighted by Crippen LogP contribution is 2.10. The van der Waals surface area contributed by atoms with Crippen molar-refractivity contribution in [3.63, 3.8) is 0 Å². The van der Waals surface area contributed by atoms with Gasteiger partial charge in [-0.3, -0.25) is 57.5 Å². The highest BCUT2D eigenvalue weighted by molar-refractivity contribution is 6.38. The van der Waals surface area contributed by atoms with Gasteiger partial charge in [-0.2, -0.15) is 0 Å². The second-order valence-corrected chi connectivity index (χ2v) is 13.6. The fourth-order valence-electron chi connectivity index (χ4n) is 5.03. The summed E-state index contributed by atoms with van der Waals surface area (Å²) < 4.78 is 0. The molecule has 57 heavy (non-hydrogen) atoms. The third-order valence-electron chi connectivity index (χ3n) is 7.96. The normalized spacial score (nSPS) is 14.0. The third kappa shape index (κ3) is 19.8. The van der Waals surface area contributed by atoms with Crippen LogP contribution >= 0.6 is 0 Å². The highest BCUT2D eigenvalue weighted by atomic mass is 16.4. The first-order chi connectivity index (χ1) is 26.4. The molecule has 6 unspecified atom stereocenters. The number of carboxylic acid groups (broad SMARTS) is 4. The Bertz CT molecular complexity index is 1530. The quantitative estimate of drug-likeness (QED) is 0.0368. The topological polar surface area (TPSA) is 370 Å². The van der Waals surface area contributed by atoms with Gasteiger partial charge < -0.3 is 57.6 Å². The molecule has 11 N–H and O–H groups in total. The van der Waals surface area contributed by atoms with Gasteiger partial charge in [0, 0.05) is 19.8 Å². The van der Waals surface area contributed by atoms with Crippen LogP contribution in [0.25, 0.3) is 0 Å². The zero-order valence-electron chi connectivity index (χ0n) is 32.5. The van der Waals surface area contributed by atoms with E-state index in [0.717, 1.165) is 6.92 Å². The smallest absolute Gasteiger partial charge is 0.322 e. The molecule has 0 aromatic heterocycles. The fraction of sp³-hybridized carbons (Fsp3) is 0.647. The monoisotopic (exact) mass is 815 g/mol. The summed E-state index contributed by atoms with van der Waals surface area (Å²) in [6.07, 6.45) is -2.93. The summed E-state index contributed by atoms with van der Waals surface area (Å²) in [5.74, 6) is -15.6. The van der Waals surface area contributed by atoms with Crippen LogP contribution in [0.2, 0.25) is 0 Å². The highest BCUT2D eigenvalue weighted by Gasteiger charge is 2.36. The fourth-order valence-corrected chi connectivity index (χ4v) is 5.03. The molecule has 0 rings (SSSR count). The summed E-state index contributed by atoms with van der Waals surface area (Å²) in [5, 5.41) is 52.2. The number of Topliss-reactive ketones (excluding diaryl/α,β-unsaturated/α-hetero) is 1. The van der Waals surface area contributed by atoms with E-state index >= 15 is 0 Å². The van der Waals surface area contributed by atoms with E-state index in [1.54, 1.807) is 6.92 Å². The number of amides is 7. The molecule has 0 aromatic rings. The zero-order valence-corrected chi connectivity index (χ0v) is 32.5. The summed E-state index contributed by atoms with van der Waals surface area (Å²) in [4.78, 5) is 148. The van der Waals surface area contributed by atoms with Gasteiger partial charge in [0.1, 0.15) is 36.8 Å². The van der Waals surface area contributed by atoms with Crippen LogP contribution in [0.15, 0.2) is 0 Å². The first-order valence-corrected chi connectivity index (χ1v) is 17.9. The second kappa shape index (κ2) is 25.1. The number of aliphatic carboxylic acids is 4. The standard InChI is InChI=1S/C34H53N7O16/c1-7-8-18(28(51)34(57)35-14-25(49)50)37-31(54)21(13-24(47)48)39-32(55)26(15(2)3)41-33(56)27(16(4)5)40-30(53)20(10-12-23(45)46)38-29(52)19(36-17(6)42)9-11-22(43)44/h15-16,18-21,26-27H,7-14H2,1-6H3,(H,35,57)(H,36,42)(H,37,54)(H,38,52)(H,39,55)(H,40,53)(H,41,56)(H,43,44)(H,45,46)(H,47,48)(H,49,50). The molecule has 0 saturated heterocycles. The Labute approximate surface area is 327 Å². The van der Waals surface area contributed by atoms with E-state index in [1.807, 2.05) is 5.32 Å². The van der Waals surface area contributed by atoms with Crippen molar-refractivity contribution in [1.82, 2.24) is 37.2 Å². The van der Waals surface area contributed by atoms with Crippen molar-refractivity contribution in [2.75, 3.05) is 6.54 Å². The van der Waals surface area contributed by atoms with Gasteiger partial charge in [-0.05, 0) is 31.1 Å². The Kier molecular flexibility index (Phi) is 22.4. The summed E-state index contributed by atoms with van der Waals surface area (Å²) in [5.41, 5.74) is 0. The van der Waals surface area contributed by atoms with Gasteiger partial charge in [0.25, 0.3) is 5.91 Å². The van der Waals surface area contributed by atoms with Crippen LogP contribution in [-0.4, -0.2) is 134 Å². The molecule has 0 fully saturated rings. The van der Waals surface area contributed by atoms with E-state index in [1.165, 1.54) is 27.7 Å². The van der Waals surface area contributed by atoms with Gasteiger partial charge in [0.15, 0.2) is 0 Å². The lowest BCUT2D eigenvalue weighted by molar-refractivity contribution is -0.143. The Hall–Kier alpha value is -6.16. The lowest BCUT2D eigenvalue weighted by atomic mass is 9.98. The van der Waals surface area contributed by atoms with Gasteiger partial charge in [0.05, 0.1) is 12.5 Å². The molecule has 6 atom stereocenters. The predicted molar refractivity (Wildman–Crippen MR) is 193 cm³/mol. The molecule has 0 spiro atoms. The lowest BCUT2D eigenvalue weighted by Gasteiger charge is -2.29. The molecule has 7 amide bonds. The number of ketones is 1. The van der Waals surface area contributed by atoms with Crippen LogP contribution in [0.1, 0.15) is 86.5 Å². The van der Waals surface area contributed by atoms with Crippen molar-refractivity contribution in [3.05, 3.63) is 0 Å². The summed E-state index contributed by atoms with van der Waals surface area (Å²) in [6.45, 7) is 7.74. The maximum Gasteiger partial charge on any atom is 0.322 e. The van der Waals surface area contributed by atoms with E-state index in [0.29, 0.717) is 0 Å². The van der Waals surface area contributed by atoms with Crippen molar-refractivity contribution < 1.29 is 78.0 Å². The van der Waals surface area contributed by atoms with Gasteiger partial charge in [-0.25, -0.2) is 0 Å². The molecule has 320 valence electrons. The Morgan fingerprint density at radius 1 is 0.474 bits per heavy atom. The van der Waals surface area contributed by atoms with Gasteiger partial charge >= 0.3 is 23.9 Å². The largest absolute Gasteiger partial charge is 0.481 e. The molecule has 0 radical (unpaired) electrons. The van der Waals surface area contributed by atoms with Crippen molar-refractivity contribution in [1.29, 1.82) is 0 Å². The number of nitrogens with one attached hydrogen (secondary N) is 7. The Morgan fingerprint density at radius 3 is 1.30 bits per heavy atom. The van der Waals surface area contributed by atoms with E-state index in [2.05, 4.69) is 31.9 Å². The minimum atomic E-state index is -1.85. The van der Waals surface area contributed by atoms with Crippen LogP contribution in [0.4, 0.5) is 0 Å². The molecule has 0 aromatic carbocycles. The number of hydrogen-bond acceptors (Lipinski definition) is 12. The molecule has 0 saturated carbocycles. The predicted octanol–water partition coefficient (Wildman–Crippen LogP) is -3.00. The first-order valence-electron chi connectivity index (χ1n) is 17.9. The van der Waals surface area contributed by atoms with Crippen LogP contribution in [0, 0.1) is 11.8 Å². The Morgan fingerprint density at radius 2 is 0.877 bits per heavy atom. The molecule has 0 bridgehead atoms. The lowest BCUT2D eigenvalue weighted by Crippen LogP contribution is -2.61. The minimum absolute atomic E-state index is 0.118. The zero-order chi connectivity index (χ0) is 44.2. The van der Waals surface area contributed by atoms with Gasteiger partial charge in [0.2, 0.25) is 41.2 Å². The van der Waals surface area contributed by atoms with Crippen LogP contribution < -0.4 is 37.2 Å². The summed E-state index contributed by atoms with van der Waals surface area (Å²) in [7, 11) is 0. The summed E-state index contributed by atoms with van der Waals surface area (Å²) in [6, 6.07) is -9.31. The molecule has 23 heteroatoms. The molecular weight excluding hydrogens is 762 g/mol. The average molecular weight is 816 g/mol. The number of carbonyl (C=O) groups excluding carboxylic acids is 8. The average Bonchev–Trinajstić information content (AvgIpc) is 3.09. The van der Waals surface area contributed by atoms with E-state index in [9.17, 15) is 67.7 Å². The maximum absolute atomic E-state index is 13.6. The SMILES string of the molecule is CCCC(NC(=O)C(CC(=O)O)NC(=O)C(NC(=O)C(NC(=O)C(CCC(=O)O)NC(=O)C(CCC(=O)O)NC(C)=O)C(C)C)C(C)C)C(=O)C(=O)NCC(=O)O. The van der Waals surface area contributed by atoms with Crippen LogP contribution in [-0.2, 0) is 57.5 Å². The third-order valence-corrected chi connectivity index (χ3v) is 7.96. The molecule has 23 nitrogen and oxygen atoms in total. The molecule has 0 aliphatic rings. The van der Waals surface area contributed by atoms with E-state index < -0.39 is 151 Å². The number of hydrogen-bond donors (Lipinski definition) is 11. The van der Waals surface area contributed by atoms with Crippen molar-refractivity contribution in [2.24, 2.45) is 11.8 Å².